The average molecular weight is 161 g/mol. The Balaban J connectivity index is 2.63. The topological polar surface area (TPSA) is 15.8 Å². The zero-order valence-corrected chi connectivity index (χ0v) is 7.67. The number of rotatable bonds is 3. The van der Waals surface area contributed by atoms with Crippen LogP contribution in [0.15, 0.2) is 30.5 Å². The van der Waals surface area contributed by atoms with Gasteiger partial charge in [-0.3, -0.25) is 0 Å². The van der Waals surface area contributed by atoms with Crippen LogP contribution in [0.25, 0.3) is 6.08 Å². The van der Waals surface area contributed by atoms with E-state index in [1.54, 1.807) is 0 Å². The van der Waals surface area contributed by atoms with E-state index in [4.69, 9.17) is 0 Å². The summed E-state index contributed by atoms with van der Waals surface area (Å²) in [5.41, 5.74) is 2.53. The minimum absolute atomic E-state index is 1.09. The first-order valence-corrected chi connectivity index (χ1v) is 4.33. The highest BCUT2D eigenvalue weighted by Crippen LogP contribution is 2.05. The van der Waals surface area contributed by atoms with Gasteiger partial charge in [0.25, 0.3) is 0 Å². The number of aromatic nitrogens is 1. The summed E-state index contributed by atoms with van der Waals surface area (Å²) in [5, 5.41) is 0. The van der Waals surface area contributed by atoms with E-state index in [9.17, 15) is 0 Å². The summed E-state index contributed by atoms with van der Waals surface area (Å²) >= 11 is 0. The van der Waals surface area contributed by atoms with Crippen LogP contribution in [0, 0.1) is 0 Å². The number of aryl methyl sites for hydroxylation is 1. The number of hydrogen-bond acceptors (Lipinski definition) is 0. The molecule has 0 bridgehead atoms. The van der Waals surface area contributed by atoms with Crippen molar-refractivity contribution in [3.05, 3.63) is 41.7 Å². The van der Waals surface area contributed by atoms with Crippen molar-refractivity contribution in [1.82, 2.24) is 4.98 Å². The third-order valence-corrected chi connectivity index (χ3v) is 1.75. The van der Waals surface area contributed by atoms with Crippen molar-refractivity contribution >= 4 is 6.08 Å². The van der Waals surface area contributed by atoms with Crippen molar-refractivity contribution in [3.63, 3.8) is 0 Å². The van der Waals surface area contributed by atoms with Gasteiger partial charge in [-0.15, -0.1) is 0 Å². The second-order valence-corrected chi connectivity index (χ2v) is 2.70. The third-order valence-electron chi connectivity index (χ3n) is 1.75. The van der Waals surface area contributed by atoms with Crippen molar-refractivity contribution in [2.24, 2.45) is 0 Å². The molecule has 0 aliphatic rings. The summed E-state index contributed by atoms with van der Waals surface area (Å²) in [6.07, 6.45) is 11.3. The maximum Gasteiger partial charge on any atom is 0.0383 e. The molecule has 0 aliphatic carbocycles. The monoisotopic (exact) mass is 161 g/mol. The minimum Gasteiger partial charge on any atom is -0.361 e. The molecule has 0 unspecified atom stereocenters. The summed E-state index contributed by atoms with van der Waals surface area (Å²) in [6, 6.07) is 2.17. The molecule has 1 rings (SSSR count). The molecule has 0 amide bonds. The van der Waals surface area contributed by atoms with E-state index in [-0.39, 0.29) is 0 Å². The number of H-pyrrole nitrogens is 1. The minimum atomic E-state index is 1.09. The van der Waals surface area contributed by atoms with E-state index in [0.717, 1.165) is 6.42 Å². The largest absolute Gasteiger partial charge is 0.361 e. The first kappa shape index (κ1) is 8.85. The lowest BCUT2D eigenvalue weighted by Gasteiger charge is -1.82. The number of hydrogen-bond donors (Lipinski definition) is 1. The van der Waals surface area contributed by atoms with E-state index in [2.05, 4.69) is 30.2 Å². The number of aromatic amines is 1. The van der Waals surface area contributed by atoms with Crippen LogP contribution in [-0.2, 0) is 6.42 Å². The third kappa shape index (κ3) is 2.42. The quantitative estimate of drug-likeness (QED) is 0.655. The standard InChI is InChI=1S/C11H15N/c1-3-5-6-7-11-8-10(4-2)9-12-11/h3,5-9,12H,4H2,1-2H3/b5-3-,7-6-. The fraction of sp³-hybridized carbons (Fsp3) is 0.273. The predicted octanol–water partition coefficient (Wildman–Crippen LogP) is 3.17. The molecule has 0 saturated carbocycles. The van der Waals surface area contributed by atoms with Crippen LogP contribution in [0.3, 0.4) is 0 Å². The second kappa shape index (κ2) is 4.60. The molecular formula is C11H15N. The second-order valence-electron chi connectivity index (χ2n) is 2.70. The molecule has 1 heteroatoms. The Morgan fingerprint density at radius 1 is 1.42 bits per heavy atom. The van der Waals surface area contributed by atoms with Crippen molar-refractivity contribution in [2.45, 2.75) is 20.3 Å². The maximum absolute atomic E-state index is 3.19. The Labute approximate surface area is 73.8 Å². The number of allylic oxidation sites excluding steroid dienone is 3. The normalized spacial score (nSPS) is 11.8. The zero-order chi connectivity index (χ0) is 8.81. The lowest BCUT2D eigenvalue weighted by atomic mass is 10.2. The highest BCUT2D eigenvalue weighted by molar-refractivity contribution is 5.48. The summed E-state index contributed by atoms with van der Waals surface area (Å²) in [5.74, 6) is 0. The molecule has 12 heavy (non-hydrogen) atoms. The predicted molar refractivity (Wildman–Crippen MR) is 54.0 cm³/mol. The SMILES string of the molecule is C/C=C\C=C/c1cc(CC)c[nH]1. The Morgan fingerprint density at radius 2 is 2.25 bits per heavy atom. The molecule has 1 N–H and O–H groups in total. The van der Waals surface area contributed by atoms with Crippen LogP contribution in [-0.4, -0.2) is 4.98 Å². The number of nitrogens with one attached hydrogen (secondary N) is 1. The van der Waals surface area contributed by atoms with Gasteiger partial charge in [-0.1, -0.05) is 25.2 Å². The molecule has 64 valence electrons. The van der Waals surface area contributed by atoms with Gasteiger partial charge in [0.1, 0.15) is 0 Å². The maximum atomic E-state index is 3.19. The van der Waals surface area contributed by atoms with Crippen molar-refractivity contribution in [3.8, 4) is 0 Å². The molecule has 1 aromatic rings. The van der Waals surface area contributed by atoms with E-state index < -0.39 is 0 Å². The van der Waals surface area contributed by atoms with E-state index in [1.807, 2.05) is 25.2 Å². The van der Waals surface area contributed by atoms with Gasteiger partial charge in [-0.05, 0) is 31.1 Å². The van der Waals surface area contributed by atoms with Crippen LogP contribution < -0.4 is 0 Å². The van der Waals surface area contributed by atoms with Gasteiger partial charge < -0.3 is 4.98 Å². The molecule has 0 fully saturated rings. The fourth-order valence-corrected chi connectivity index (χ4v) is 1.03. The summed E-state index contributed by atoms with van der Waals surface area (Å²) in [6.45, 7) is 4.17. The van der Waals surface area contributed by atoms with Crippen LogP contribution in [0.4, 0.5) is 0 Å². The highest BCUT2D eigenvalue weighted by Gasteiger charge is 1.91. The van der Waals surface area contributed by atoms with Crippen LogP contribution in [0.2, 0.25) is 0 Å². The fourth-order valence-electron chi connectivity index (χ4n) is 1.03. The van der Waals surface area contributed by atoms with Gasteiger partial charge in [-0.2, -0.15) is 0 Å². The smallest absolute Gasteiger partial charge is 0.0383 e. The van der Waals surface area contributed by atoms with Crippen LogP contribution >= 0.6 is 0 Å². The Morgan fingerprint density at radius 3 is 2.83 bits per heavy atom. The van der Waals surface area contributed by atoms with E-state index >= 15 is 0 Å². The van der Waals surface area contributed by atoms with Crippen LogP contribution in [0.1, 0.15) is 25.1 Å². The van der Waals surface area contributed by atoms with E-state index in [1.165, 1.54) is 11.3 Å². The summed E-state index contributed by atoms with van der Waals surface area (Å²) in [7, 11) is 0. The van der Waals surface area contributed by atoms with Gasteiger partial charge in [0, 0.05) is 11.9 Å². The first-order valence-electron chi connectivity index (χ1n) is 4.33. The molecule has 0 radical (unpaired) electrons. The lowest BCUT2D eigenvalue weighted by molar-refractivity contribution is 1.14. The molecule has 0 spiro atoms. The van der Waals surface area contributed by atoms with Gasteiger partial charge in [0.15, 0.2) is 0 Å². The molecule has 0 aromatic carbocycles. The summed E-state index contributed by atoms with van der Waals surface area (Å²) in [4.78, 5) is 3.19. The molecule has 0 aliphatic heterocycles. The van der Waals surface area contributed by atoms with Gasteiger partial charge >= 0.3 is 0 Å². The van der Waals surface area contributed by atoms with Gasteiger partial charge in [-0.25, -0.2) is 0 Å². The van der Waals surface area contributed by atoms with Crippen molar-refractivity contribution in [1.29, 1.82) is 0 Å². The highest BCUT2D eigenvalue weighted by atomic mass is 14.7. The van der Waals surface area contributed by atoms with Crippen molar-refractivity contribution < 1.29 is 0 Å². The van der Waals surface area contributed by atoms with Crippen molar-refractivity contribution in [2.75, 3.05) is 0 Å². The summed E-state index contributed by atoms with van der Waals surface area (Å²) < 4.78 is 0. The molecular weight excluding hydrogens is 146 g/mol. The zero-order valence-electron chi connectivity index (χ0n) is 7.67. The van der Waals surface area contributed by atoms with Gasteiger partial charge in [0.05, 0.1) is 0 Å². The van der Waals surface area contributed by atoms with E-state index in [0.29, 0.717) is 0 Å². The van der Waals surface area contributed by atoms with Crippen LogP contribution in [0.5, 0.6) is 0 Å². The first-order chi connectivity index (χ1) is 5.86. The Bertz CT molecular complexity index is 279. The molecule has 1 heterocycles. The Hall–Kier alpha value is -1.24. The Kier molecular flexibility index (Phi) is 3.39. The molecule has 1 nitrogen and oxygen atoms in total. The average Bonchev–Trinajstić information content (AvgIpc) is 2.53. The molecule has 0 saturated heterocycles. The lowest BCUT2D eigenvalue weighted by Crippen LogP contribution is -1.68. The molecule has 1 aromatic heterocycles. The molecule has 0 atom stereocenters. The van der Waals surface area contributed by atoms with Gasteiger partial charge in [0.2, 0.25) is 0 Å².